The minimum Gasteiger partial charge on any atom is -0.399 e. The molecule has 2 aromatic carbocycles. The molecule has 0 aliphatic carbocycles. The standard InChI is InChI=1S/C19H23BO2/c1-14-9-6-7-12-17(14)15-10-8-11-16(13-15)20-21-18(2,3)19(4,5)22-20/h6-13H,1-5H3. The van der Waals surface area contributed by atoms with E-state index in [1.54, 1.807) is 0 Å². The molecular formula is C19H23BO2. The number of benzene rings is 2. The van der Waals surface area contributed by atoms with E-state index in [9.17, 15) is 0 Å². The summed E-state index contributed by atoms with van der Waals surface area (Å²) in [6, 6.07) is 16.9. The molecule has 0 N–H and O–H groups in total. The second-order valence-corrected chi connectivity index (χ2v) is 7.03. The molecule has 0 bridgehead atoms. The van der Waals surface area contributed by atoms with Crippen LogP contribution < -0.4 is 5.46 Å². The van der Waals surface area contributed by atoms with Crippen molar-refractivity contribution < 1.29 is 9.31 Å². The molecular weight excluding hydrogens is 271 g/mol. The first kappa shape index (κ1) is 15.3. The Kier molecular flexibility index (Phi) is 3.66. The molecule has 1 saturated heterocycles. The summed E-state index contributed by atoms with van der Waals surface area (Å²) in [6.07, 6.45) is 0. The highest BCUT2D eigenvalue weighted by molar-refractivity contribution is 6.62. The van der Waals surface area contributed by atoms with Gasteiger partial charge < -0.3 is 9.31 Å². The van der Waals surface area contributed by atoms with E-state index in [0.29, 0.717) is 0 Å². The van der Waals surface area contributed by atoms with E-state index in [-0.39, 0.29) is 18.3 Å². The van der Waals surface area contributed by atoms with Gasteiger partial charge in [0, 0.05) is 0 Å². The summed E-state index contributed by atoms with van der Waals surface area (Å²) in [6.45, 7) is 10.5. The summed E-state index contributed by atoms with van der Waals surface area (Å²) >= 11 is 0. The van der Waals surface area contributed by atoms with Crippen LogP contribution in [0.25, 0.3) is 11.1 Å². The zero-order valence-electron chi connectivity index (χ0n) is 14.0. The van der Waals surface area contributed by atoms with Gasteiger partial charge in [-0.3, -0.25) is 0 Å². The molecule has 1 heterocycles. The van der Waals surface area contributed by atoms with Gasteiger partial charge in [0.15, 0.2) is 0 Å². The molecule has 0 aromatic heterocycles. The Morgan fingerprint density at radius 3 is 2.09 bits per heavy atom. The second-order valence-electron chi connectivity index (χ2n) is 7.03. The maximum absolute atomic E-state index is 6.15. The van der Waals surface area contributed by atoms with E-state index >= 15 is 0 Å². The molecule has 2 nitrogen and oxygen atoms in total. The van der Waals surface area contributed by atoms with Gasteiger partial charge in [0.05, 0.1) is 11.2 Å². The Balaban J connectivity index is 1.95. The molecule has 3 rings (SSSR count). The van der Waals surface area contributed by atoms with Crippen molar-refractivity contribution in [1.82, 2.24) is 0 Å². The van der Waals surface area contributed by atoms with Crippen LogP contribution in [-0.2, 0) is 9.31 Å². The molecule has 1 fully saturated rings. The largest absolute Gasteiger partial charge is 0.494 e. The van der Waals surface area contributed by atoms with Crippen molar-refractivity contribution in [1.29, 1.82) is 0 Å². The first-order valence-electron chi connectivity index (χ1n) is 7.82. The van der Waals surface area contributed by atoms with E-state index in [0.717, 1.165) is 5.46 Å². The van der Waals surface area contributed by atoms with Crippen LogP contribution in [0.2, 0.25) is 0 Å². The molecule has 114 valence electrons. The third-order valence-electron chi connectivity index (χ3n) is 4.87. The van der Waals surface area contributed by atoms with Crippen LogP contribution in [-0.4, -0.2) is 18.3 Å². The Bertz CT molecular complexity index is 675. The van der Waals surface area contributed by atoms with Crippen LogP contribution in [0.15, 0.2) is 48.5 Å². The Labute approximate surface area is 133 Å². The van der Waals surface area contributed by atoms with E-state index in [2.05, 4.69) is 83.1 Å². The molecule has 22 heavy (non-hydrogen) atoms. The molecule has 0 atom stereocenters. The normalized spacial score (nSPS) is 19.4. The zero-order valence-corrected chi connectivity index (χ0v) is 14.0. The minimum atomic E-state index is -0.311. The second kappa shape index (κ2) is 5.25. The molecule has 3 heteroatoms. The van der Waals surface area contributed by atoms with Gasteiger partial charge in [0.2, 0.25) is 0 Å². The van der Waals surface area contributed by atoms with Gasteiger partial charge in [-0.2, -0.15) is 0 Å². The van der Waals surface area contributed by atoms with E-state index in [1.807, 2.05) is 0 Å². The summed E-state index contributed by atoms with van der Waals surface area (Å²) in [5.41, 5.74) is 4.17. The fourth-order valence-corrected chi connectivity index (χ4v) is 2.73. The van der Waals surface area contributed by atoms with Gasteiger partial charge in [-0.15, -0.1) is 0 Å². The van der Waals surface area contributed by atoms with Crippen LogP contribution in [0.5, 0.6) is 0 Å². The Morgan fingerprint density at radius 1 is 0.818 bits per heavy atom. The molecule has 2 aromatic rings. The van der Waals surface area contributed by atoms with Gasteiger partial charge in [-0.25, -0.2) is 0 Å². The fraction of sp³-hybridized carbons (Fsp3) is 0.368. The average Bonchev–Trinajstić information content (AvgIpc) is 2.68. The van der Waals surface area contributed by atoms with Gasteiger partial charge in [-0.1, -0.05) is 48.5 Å². The summed E-state index contributed by atoms with van der Waals surface area (Å²) < 4.78 is 12.3. The third kappa shape index (κ3) is 2.60. The lowest BCUT2D eigenvalue weighted by Gasteiger charge is -2.32. The summed E-state index contributed by atoms with van der Waals surface area (Å²) in [5, 5.41) is 0. The third-order valence-corrected chi connectivity index (χ3v) is 4.87. The monoisotopic (exact) mass is 294 g/mol. The summed E-state index contributed by atoms with van der Waals surface area (Å²) in [5.74, 6) is 0. The highest BCUT2D eigenvalue weighted by atomic mass is 16.7. The lowest BCUT2D eigenvalue weighted by molar-refractivity contribution is 0.00578. The van der Waals surface area contributed by atoms with Crippen molar-refractivity contribution in [2.24, 2.45) is 0 Å². The smallest absolute Gasteiger partial charge is 0.399 e. The molecule has 1 aliphatic rings. The highest BCUT2D eigenvalue weighted by Crippen LogP contribution is 2.36. The van der Waals surface area contributed by atoms with Crippen molar-refractivity contribution in [3.05, 3.63) is 54.1 Å². The number of hydrogen-bond acceptors (Lipinski definition) is 2. The van der Waals surface area contributed by atoms with Gasteiger partial charge in [0.25, 0.3) is 0 Å². The SMILES string of the molecule is Cc1ccccc1-c1cccc(B2OC(C)(C)C(C)(C)O2)c1. The van der Waals surface area contributed by atoms with Crippen molar-refractivity contribution in [3.8, 4) is 11.1 Å². The zero-order chi connectivity index (χ0) is 16.0. The first-order chi connectivity index (χ1) is 10.3. The molecule has 1 aliphatic heterocycles. The van der Waals surface area contributed by atoms with Crippen LogP contribution in [0, 0.1) is 6.92 Å². The predicted molar refractivity (Wildman–Crippen MR) is 92.3 cm³/mol. The topological polar surface area (TPSA) is 18.5 Å². The maximum Gasteiger partial charge on any atom is 0.494 e. The van der Waals surface area contributed by atoms with Crippen LogP contribution in [0.4, 0.5) is 0 Å². The van der Waals surface area contributed by atoms with E-state index in [1.165, 1.54) is 16.7 Å². The van der Waals surface area contributed by atoms with E-state index in [4.69, 9.17) is 9.31 Å². The number of hydrogen-bond donors (Lipinski definition) is 0. The van der Waals surface area contributed by atoms with Crippen molar-refractivity contribution >= 4 is 12.6 Å². The van der Waals surface area contributed by atoms with Crippen molar-refractivity contribution in [2.45, 2.75) is 45.8 Å². The van der Waals surface area contributed by atoms with Crippen molar-refractivity contribution in [3.63, 3.8) is 0 Å². The molecule has 0 unspecified atom stereocenters. The highest BCUT2D eigenvalue weighted by Gasteiger charge is 2.51. The van der Waals surface area contributed by atoms with Gasteiger partial charge in [-0.05, 0) is 56.8 Å². The summed E-state index contributed by atoms with van der Waals surface area (Å²) in [7, 11) is -0.311. The predicted octanol–water partition coefficient (Wildman–Crippen LogP) is 3.96. The van der Waals surface area contributed by atoms with Crippen LogP contribution >= 0.6 is 0 Å². The number of aryl methyl sites for hydroxylation is 1. The molecule has 0 saturated carbocycles. The minimum absolute atomic E-state index is 0.309. The summed E-state index contributed by atoms with van der Waals surface area (Å²) in [4.78, 5) is 0. The lowest BCUT2D eigenvalue weighted by Crippen LogP contribution is -2.41. The van der Waals surface area contributed by atoms with Gasteiger partial charge >= 0.3 is 7.12 Å². The van der Waals surface area contributed by atoms with Gasteiger partial charge in [0.1, 0.15) is 0 Å². The first-order valence-corrected chi connectivity index (χ1v) is 7.82. The van der Waals surface area contributed by atoms with E-state index < -0.39 is 0 Å². The Morgan fingerprint density at radius 2 is 1.45 bits per heavy atom. The van der Waals surface area contributed by atoms with Crippen LogP contribution in [0.1, 0.15) is 33.3 Å². The number of rotatable bonds is 2. The van der Waals surface area contributed by atoms with Crippen molar-refractivity contribution in [2.75, 3.05) is 0 Å². The average molecular weight is 294 g/mol. The lowest BCUT2D eigenvalue weighted by atomic mass is 9.78. The molecule has 0 radical (unpaired) electrons. The molecule has 0 amide bonds. The quantitative estimate of drug-likeness (QED) is 0.780. The maximum atomic E-state index is 6.15. The fourth-order valence-electron chi connectivity index (χ4n) is 2.73. The molecule has 0 spiro atoms. The van der Waals surface area contributed by atoms with Crippen LogP contribution in [0.3, 0.4) is 0 Å². The Hall–Kier alpha value is -1.58.